The normalized spacial score (nSPS) is 11.0. The van der Waals surface area contributed by atoms with Crippen LogP contribution in [0.1, 0.15) is 10.5 Å². The number of carbonyl (C=O) groups excluding carboxylic acids is 1. The van der Waals surface area contributed by atoms with Crippen molar-refractivity contribution in [1.82, 2.24) is 9.97 Å². The van der Waals surface area contributed by atoms with E-state index in [4.69, 9.17) is 9.15 Å². The number of nitrogens with zero attached hydrogens (tertiary/aromatic N) is 1. The molecule has 3 aromatic carbocycles. The Kier molecular flexibility index (Phi) is 5.21. The molecule has 0 saturated heterocycles. The summed E-state index contributed by atoms with van der Waals surface area (Å²) in [5, 5.41) is 0.929. The van der Waals surface area contributed by atoms with E-state index in [0.717, 1.165) is 31.0 Å². The maximum Gasteiger partial charge on any atom is 0.366 e. The van der Waals surface area contributed by atoms with E-state index in [1.54, 1.807) is 24.3 Å². The topological polar surface area (TPSA) is 68.1 Å². The van der Waals surface area contributed by atoms with Crippen LogP contribution in [0.15, 0.2) is 92.4 Å². The second kappa shape index (κ2) is 8.17. The van der Waals surface area contributed by atoms with E-state index in [2.05, 4.69) is 41.8 Å². The predicted molar refractivity (Wildman–Crippen MR) is 126 cm³/mol. The molecule has 0 radical (unpaired) electrons. The van der Waals surface area contributed by atoms with Crippen molar-refractivity contribution in [3.05, 3.63) is 93.6 Å². The van der Waals surface area contributed by atoms with E-state index < -0.39 is 5.97 Å². The highest BCUT2D eigenvalue weighted by atomic mass is 79.9. The number of halogens is 2. The van der Waals surface area contributed by atoms with Gasteiger partial charge in [-0.05, 0) is 54.6 Å². The van der Waals surface area contributed by atoms with Crippen molar-refractivity contribution in [2.24, 2.45) is 0 Å². The van der Waals surface area contributed by atoms with Gasteiger partial charge in [-0.25, -0.2) is 9.78 Å². The summed E-state index contributed by atoms with van der Waals surface area (Å²) >= 11 is 6.81. The number of para-hydroxylation sites is 1. The Morgan fingerprint density at radius 1 is 0.903 bits per heavy atom. The van der Waals surface area contributed by atoms with Crippen molar-refractivity contribution in [3.63, 3.8) is 0 Å². The molecule has 5 aromatic rings. The second-order valence-corrected chi connectivity index (χ2v) is 8.63. The Hall–Kier alpha value is -3.16. The van der Waals surface area contributed by atoms with Gasteiger partial charge < -0.3 is 14.1 Å². The average molecular weight is 538 g/mol. The summed E-state index contributed by atoms with van der Waals surface area (Å²) in [7, 11) is 0. The largest absolute Gasteiger partial charge is 0.435 e. The number of ether oxygens (including phenoxy) is 1. The van der Waals surface area contributed by atoms with Crippen LogP contribution < -0.4 is 4.74 Å². The van der Waals surface area contributed by atoms with Gasteiger partial charge in [-0.15, -0.1) is 0 Å². The maximum absolute atomic E-state index is 13.1. The van der Waals surface area contributed by atoms with Gasteiger partial charge in [-0.3, -0.25) is 0 Å². The molecule has 7 heteroatoms. The van der Waals surface area contributed by atoms with Crippen molar-refractivity contribution in [1.29, 1.82) is 0 Å². The highest BCUT2D eigenvalue weighted by molar-refractivity contribution is 9.10. The van der Waals surface area contributed by atoms with E-state index in [0.29, 0.717) is 17.4 Å². The minimum absolute atomic E-state index is 0.116. The fourth-order valence-electron chi connectivity index (χ4n) is 3.27. The summed E-state index contributed by atoms with van der Waals surface area (Å²) in [6.45, 7) is 0. The Bertz CT molecular complexity index is 1390. The van der Waals surface area contributed by atoms with Gasteiger partial charge in [0.2, 0.25) is 5.89 Å². The molecule has 0 aliphatic carbocycles. The fourth-order valence-corrected chi connectivity index (χ4v) is 3.80. The van der Waals surface area contributed by atoms with Crippen LogP contribution in [0, 0.1) is 0 Å². The van der Waals surface area contributed by atoms with Gasteiger partial charge >= 0.3 is 5.97 Å². The summed E-state index contributed by atoms with van der Waals surface area (Å²) in [5.41, 5.74) is 2.55. The first-order chi connectivity index (χ1) is 15.1. The summed E-state index contributed by atoms with van der Waals surface area (Å²) in [6.07, 6.45) is 1.81. The van der Waals surface area contributed by atoms with Crippen LogP contribution in [0.25, 0.3) is 33.7 Å². The molecule has 0 saturated carbocycles. The van der Waals surface area contributed by atoms with E-state index in [-0.39, 0.29) is 5.69 Å². The number of carbonyl (C=O) groups is 1. The number of aromatic nitrogens is 2. The molecule has 5 nitrogen and oxygen atoms in total. The smallest absolute Gasteiger partial charge is 0.366 e. The molecule has 0 aliphatic heterocycles. The lowest BCUT2D eigenvalue weighted by atomic mass is 10.1. The number of esters is 1. The summed E-state index contributed by atoms with van der Waals surface area (Å²) < 4.78 is 13.5. The SMILES string of the molecule is O=C(Oc1ccc(Br)cc1)c1nc(-c2ccc(Br)cc2)oc1-c1c[nH]c2ccccc12. The van der Waals surface area contributed by atoms with Crippen LogP contribution in [-0.2, 0) is 0 Å². The number of H-pyrrole nitrogens is 1. The molecule has 0 spiro atoms. The molecule has 5 rings (SSSR count). The Morgan fingerprint density at radius 3 is 2.32 bits per heavy atom. The molecule has 2 aromatic heterocycles. The molecule has 1 N–H and O–H groups in total. The van der Waals surface area contributed by atoms with E-state index in [9.17, 15) is 4.79 Å². The van der Waals surface area contributed by atoms with Gasteiger partial charge in [-0.2, -0.15) is 0 Å². The Balaban J connectivity index is 1.62. The highest BCUT2D eigenvalue weighted by Gasteiger charge is 2.26. The van der Waals surface area contributed by atoms with E-state index in [1.807, 2.05) is 54.7 Å². The van der Waals surface area contributed by atoms with Crippen LogP contribution in [0.3, 0.4) is 0 Å². The van der Waals surface area contributed by atoms with Gasteiger partial charge in [0.05, 0.1) is 0 Å². The first-order valence-electron chi connectivity index (χ1n) is 9.39. The zero-order chi connectivity index (χ0) is 21.4. The third-order valence-electron chi connectivity index (χ3n) is 4.77. The highest BCUT2D eigenvalue weighted by Crippen LogP contribution is 2.35. The van der Waals surface area contributed by atoms with Crippen LogP contribution in [-0.4, -0.2) is 15.9 Å². The van der Waals surface area contributed by atoms with Crippen molar-refractivity contribution in [2.45, 2.75) is 0 Å². The zero-order valence-corrected chi connectivity index (χ0v) is 19.1. The summed E-state index contributed by atoms with van der Waals surface area (Å²) in [6, 6.07) is 22.4. The molecule has 0 unspecified atom stereocenters. The minimum atomic E-state index is -0.588. The Labute approximate surface area is 194 Å². The first-order valence-corrected chi connectivity index (χ1v) is 11.0. The predicted octanol–water partition coefficient (Wildman–Crippen LogP) is 7.23. The number of oxazole rings is 1. The Morgan fingerprint density at radius 2 is 1.58 bits per heavy atom. The second-order valence-electron chi connectivity index (χ2n) is 6.80. The van der Waals surface area contributed by atoms with Crippen molar-refractivity contribution >= 4 is 48.7 Å². The number of hydrogen-bond acceptors (Lipinski definition) is 4. The third kappa shape index (κ3) is 3.94. The molecule has 152 valence electrons. The number of rotatable bonds is 4. The molecule has 2 heterocycles. The van der Waals surface area contributed by atoms with E-state index in [1.165, 1.54) is 0 Å². The van der Waals surface area contributed by atoms with Crippen LogP contribution in [0.5, 0.6) is 5.75 Å². The molecular formula is C24H14Br2N2O3. The van der Waals surface area contributed by atoms with Crippen molar-refractivity contribution in [2.75, 3.05) is 0 Å². The standard InChI is InChI=1S/C24H14Br2N2O3/c25-15-7-5-14(6-8-15)23-28-21(24(29)30-17-11-9-16(26)10-12-17)22(31-23)19-13-27-20-4-2-1-3-18(19)20/h1-13,27H. The van der Waals surface area contributed by atoms with Crippen molar-refractivity contribution in [3.8, 4) is 28.5 Å². The van der Waals surface area contributed by atoms with Gasteiger partial charge in [0.15, 0.2) is 11.5 Å². The monoisotopic (exact) mass is 536 g/mol. The number of fused-ring (bicyclic) bond motifs is 1. The minimum Gasteiger partial charge on any atom is -0.435 e. The number of hydrogen-bond donors (Lipinski definition) is 1. The van der Waals surface area contributed by atoms with Crippen LogP contribution >= 0.6 is 31.9 Å². The van der Waals surface area contributed by atoms with Gasteiger partial charge in [0.1, 0.15) is 5.75 Å². The lowest BCUT2D eigenvalue weighted by Gasteiger charge is -2.03. The van der Waals surface area contributed by atoms with Crippen LogP contribution in [0.2, 0.25) is 0 Å². The van der Waals surface area contributed by atoms with Gasteiger partial charge in [-0.1, -0.05) is 50.1 Å². The number of nitrogens with one attached hydrogen (secondary N) is 1. The molecular weight excluding hydrogens is 524 g/mol. The molecule has 31 heavy (non-hydrogen) atoms. The quantitative estimate of drug-likeness (QED) is 0.194. The zero-order valence-electron chi connectivity index (χ0n) is 15.9. The third-order valence-corrected chi connectivity index (χ3v) is 5.83. The molecule has 0 amide bonds. The lowest BCUT2D eigenvalue weighted by molar-refractivity contribution is 0.0729. The summed E-state index contributed by atoms with van der Waals surface area (Å²) in [5.74, 6) is 0.536. The fraction of sp³-hybridized carbons (Fsp3) is 0. The molecule has 0 fully saturated rings. The van der Waals surface area contributed by atoms with E-state index >= 15 is 0 Å². The molecule has 0 atom stereocenters. The number of aromatic amines is 1. The lowest BCUT2D eigenvalue weighted by Crippen LogP contribution is -2.10. The maximum atomic E-state index is 13.1. The number of benzene rings is 3. The van der Waals surface area contributed by atoms with Crippen molar-refractivity contribution < 1.29 is 13.9 Å². The molecule has 0 bridgehead atoms. The van der Waals surface area contributed by atoms with Crippen LogP contribution in [0.4, 0.5) is 0 Å². The molecule has 0 aliphatic rings. The first kappa shape index (κ1) is 19.8. The van der Waals surface area contributed by atoms with Gasteiger partial charge in [0.25, 0.3) is 0 Å². The van der Waals surface area contributed by atoms with Gasteiger partial charge in [0, 0.05) is 37.2 Å². The summed E-state index contributed by atoms with van der Waals surface area (Å²) in [4.78, 5) is 20.8. The average Bonchev–Trinajstić information content (AvgIpc) is 3.40.